The van der Waals surface area contributed by atoms with Crippen LogP contribution < -0.4 is 11.1 Å². The van der Waals surface area contributed by atoms with E-state index >= 15 is 0 Å². The summed E-state index contributed by atoms with van der Waals surface area (Å²) in [6.07, 6.45) is 5.26. The van der Waals surface area contributed by atoms with Crippen LogP contribution in [-0.2, 0) is 4.79 Å². The molecule has 1 heterocycles. The van der Waals surface area contributed by atoms with E-state index in [1.165, 1.54) is 12.8 Å². The second kappa shape index (κ2) is 6.50. The largest absolute Gasteiger partial charge is 0.348 e. The Hall–Kier alpha value is -0.220. The van der Waals surface area contributed by atoms with E-state index in [2.05, 4.69) is 19.2 Å². The van der Waals surface area contributed by atoms with Gasteiger partial charge in [-0.05, 0) is 31.4 Å². The summed E-state index contributed by atoms with van der Waals surface area (Å²) in [5, 5.41) is 3.32. The third kappa shape index (κ3) is 3.39. The van der Waals surface area contributed by atoms with Crippen LogP contribution in [0.15, 0.2) is 0 Å². The minimum absolute atomic E-state index is 0.151. The van der Waals surface area contributed by atoms with E-state index in [9.17, 15) is 4.79 Å². The summed E-state index contributed by atoms with van der Waals surface area (Å²) in [4.78, 5) is 12.1. The van der Waals surface area contributed by atoms with Crippen LogP contribution in [0.25, 0.3) is 0 Å². The third-order valence-electron chi connectivity index (χ3n) is 3.60. The van der Waals surface area contributed by atoms with Gasteiger partial charge in [-0.3, -0.25) is 4.79 Å². The molecule has 3 nitrogen and oxygen atoms in total. The zero-order valence-corrected chi connectivity index (χ0v) is 11.2. The van der Waals surface area contributed by atoms with E-state index in [0.29, 0.717) is 6.54 Å². The number of hydrogen-bond donors (Lipinski definition) is 2. The molecule has 0 aliphatic carbocycles. The molecule has 0 bridgehead atoms. The van der Waals surface area contributed by atoms with Gasteiger partial charge < -0.3 is 11.1 Å². The van der Waals surface area contributed by atoms with Gasteiger partial charge >= 0.3 is 0 Å². The van der Waals surface area contributed by atoms with E-state index in [4.69, 9.17) is 5.73 Å². The number of amides is 1. The highest BCUT2D eigenvalue weighted by Gasteiger charge is 2.30. The summed E-state index contributed by atoms with van der Waals surface area (Å²) in [5.41, 5.74) is 5.60. The van der Waals surface area contributed by atoms with Crippen molar-refractivity contribution in [3.05, 3.63) is 0 Å². The van der Waals surface area contributed by atoms with Crippen molar-refractivity contribution >= 4 is 17.7 Å². The minimum Gasteiger partial charge on any atom is -0.348 e. The number of nitrogens with one attached hydrogen (secondary N) is 1. The number of hydrogen-bond acceptors (Lipinski definition) is 3. The van der Waals surface area contributed by atoms with Crippen LogP contribution in [0, 0.1) is 0 Å². The maximum atomic E-state index is 12.1. The van der Waals surface area contributed by atoms with E-state index < -0.39 is 0 Å². The molecule has 1 rings (SSSR count). The summed E-state index contributed by atoms with van der Waals surface area (Å²) in [7, 11) is 0. The molecule has 94 valence electrons. The lowest BCUT2D eigenvalue weighted by Crippen LogP contribution is -2.55. The summed E-state index contributed by atoms with van der Waals surface area (Å²) in [6.45, 7) is 4.71. The van der Waals surface area contributed by atoms with Gasteiger partial charge in [-0.15, -0.1) is 11.8 Å². The molecule has 3 N–H and O–H groups in total. The number of carbonyl (C=O) groups is 1. The van der Waals surface area contributed by atoms with Gasteiger partial charge in [-0.1, -0.05) is 20.3 Å². The fourth-order valence-electron chi connectivity index (χ4n) is 2.06. The van der Waals surface area contributed by atoms with Crippen LogP contribution in [0.1, 0.15) is 46.0 Å². The van der Waals surface area contributed by atoms with E-state index in [-0.39, 0.29) is 16.7 Å². The van der Waals surface area contributed by atoms with Gasteiger partial charge in [0.15, 0.2) is 0 Å². The van der Waals surface area contributed by atoms with Crippen molar-refractivity contribution in [3.8, 4) is 0 Å². The summed E-state index contributed by atoms with van der Waals surface area (Å²) in [6, 6.07) is 0. The molecule has 1 aliphatic rings. The summed E-state index contributed by atoms with van der Waals surface area (Å²) < 4.78 is 0. The van der Waals surface area contributed by atoms with Crippen LogP contribution in [-0.4, -0.2) is 29.0 Å². The summed E-state index contributed by atoms with van der Waals surface area (Å²) >= 11 is 1.79. The van der Waals surface area contributed by atoms with Crippen molar-refractivity contribution in [1.29, 1.82) is 0 Å². The zero-order chi connectivity index (χ0) is 12.0. The van der Waals surface area contributed by atoms with Crippen molar-refractivity contribution in [2.75, 3.05) is 12.3 Å². The molecule has 1 fully saturated rings. The van der Waals surface area contributed by atoms with Crippen molar-refractivity contribution < 1.29 is 4.79 Å². The Bertz CT molecular complexity index is 215. The molecule has 1 unspecified atom stereocenters. The first-order chi connectivity index (χ1) is 7.67. The Labute approximate surface area is 103 Å². The van der Waals surface area contributed by atoms with Gasteiger partial charge in [0.2, 0.25) is 5.91 Å². The van der Waals surface area contributed by atoms with Crippen LogP contribution >= 0.6 is 11.8 Å². The number of thioether (sulfide) groups is 1. The van der Waals surface area contributed by atoms with Gasteiger partial charge in [-0.25, -0.2) is 0 Å². The first kappa shape index (κ1) is 13.8. The molecule has 0 aromatic carbocycles. The molecule has 0 saturated carbocycles. The van der Waals surface area contributed by atoms with Crippen LogP contribution in [0.2, 0.25) is 0 Å². The maximum absolute atomic E-state index is 12.1. The third-order valence-corrected chi connectivity index (χ3v) is 4.98. The molecule has 1 atom stereocenters. The standard InChI is InChI=1S/C12H24N2OS/c1-3-12(4-2,9-13)14-11(15)10-7-5-6-8-16-10/h10H,3-9,13H2,1-2H3,(H,14,15). The Kier molecular flexibility index (Phi) is 5.62. The molecule has 1 aliphatic heterocycles. The van der Waals surface area contributed by atoms with Gasteiger partial charge in [0.1, 0.15) is 0 Å². The first-order valence-corrected chi connectivity index (χ1v) is 7.36. The van der Waals surface area contributed by atoms with Crippen molar-refractivity contribution in [3.63, 3.8) is 0 Å². The lowest BCUT2D eigenvalue weighted by atomic mass is 9.92. The molecule has 0 radical (unpaired) electrons. The van der Waals surface area contributed by atoms with Crippen molar-refractivity contribution in [2.24, 2.45) is 5.73 Å². The lowest BCUT2D eigenvalue weighted by molar-refractivity contribution is -0.122. The Balaban J connectivity index is 2.53. The molecule has 1 saturated heterocycles. The topological polar surface area (TPSA) is 55.1 Å². The highest BCUT2D eigenvalue weighted by Crippen LogP contribution is 2.26. The maximum Gasteiger partial charge on any atom is 0.233 e. The Morgan fingerprint density at radius 3 is 2.56 bits per heavy atom. The molecule has 1 amide bonds. The molecule has 0 aromatic rings. The van der Waals surface area contributed by atoms with E-state index in [1.54, 1.807) is 11.8 Å². The monoisotopic (exact) mass is 244 g/mol. The van der Waals surface area contributed by atoms with Crippen LogP contribution in [0.4, 0.5) is 0 Å². The van der Waals surface area contributed by atoms with Gasteiger partial charge in [0, 0.05) is 6.54 Å². The fraction of sp³-hybridized carbons (Fsp3) is 0.917. The van der Waals surface area contributed by atoms with Gasteiger partial charge in [0.25, 0.3) is 0 Å². The van der Waals surface area contributed by atoms with Gasteiger partial charge in [-0.2, -0.15) is 0 Å². The van der Waals surface area contributed by atoms with Crippen molar-refractivity contribution in [1.82, 2.24) is 5.32 Å². The molecule has 0 aromatic heterocycles. The lowest BCUT2D eigenvalue weighted by Gasteiger charge is -2.33. The second-order valence-electron chi connectivity index (χ2n) is 4.54. The Morgan fingerprint density at radius 1 is 1.44 bits per heavy atom. The summed E-state index contributed by atoms with van der Waals surface area (Å²) in [5.74, 6) is 1.31. The smallest absolute Gasteiger partial charge is 0.233 e. The number of carbonyl (C=O) groups excluding carboxylic acids is 1. The number of rotatable bonds is 5. The Morgan fingerprint density at radius 2 is 2.12 bits per heavy atom. The highest BCUT2D eigenvalue weighted by atomic mass is 32.2. The highest BCUT2D eigenvalue weighted by molar-refractivity contribution is 8.00. The van der Waals surface area contributed by atoms with E-state index in [1.807, 2.05) is 0 Å². The fourth-order valence-corrected chi connectivity index (χ4v) is 3.25. The zero-order valence-electron chi connectivity index (χ0n) is 10.4. The van der Waals surface area contributed by atoms with E-state index in [0.717, 1.165) is 25.0 Å². The van der Waals surface area contributed by atoms with Crippen LogP contribution in [0.5, 0.6) is 0 Å². The second-order valence-corrected chi connectivity index (χ2v) is 5.85. The molecule has 4 heteroatoms. The predicted molar refractivity (Wildman–Crippen MR) is 70.6 cm³/mol. The first-order valence-electron chi connectivity index (χ1n) is 6.31. The van der Waals surface area contributed by atoms with Crippen molar-refractivity contribution in [2.45, 2.75) is 56.7 Å². The molecule has 16 heavy (non-hydrogen) atoms. The minimum atomic E-state index is -0.185. The average molecular weight is 244 g/mol. The molecular weight excluding hydrogens is 220 g/mol. The average Bonchev–Trinajstić information content (AvgIpc) is 2.37. The van der Waals surface area contributed by atoms with Crippen LogP contribution in [0.3, 0.4) is 0 Å². The van der Waals surface area contributed by atoms with Gasteiger partial charge in [0.05, 0.1) is 10.8 Å². The SMILES string of the molecule is CCC(CC)(CN)NC(=O)C1CCCCS1. The quantitative estimate of drug-likeness (QED) is 0.776. The number of nitrogens with two attached hydrogens (primary N) is 1. The molecule has 0 spiro atoms. The normalized spacial score (nSPS) is 21.8. The molecular formula is C12H24N2OS. The predicted octanol–water partition coefficient (Wildman–Crippen LogP) is 1.91.